The zero-order valence-corrected chi connectivity index (χ0v) is 27.3. The highest BCUT2D eigenvalue weighted by atomic mass is 16.5. The average molecular weight is 649 g/mol. The van der Waals surface area contributed by atoms with Crippen molar-refractivity contribution in [2.24, 2.45) is 0 Å². The number of carbonyl (C=O) groups is 2. The van der Waals surface area contributed by atoms with Crippen LogP contribution in [0, 0.1) is 0 Å². The van der Waals surface area contributed by atoms with E-state index in [0.717, 1.165) is 67.0 Å². The number of hydrogen-bond acceptors (Lipinski definition) is 7. The smallest absolute Gasteiger partial charge is 0.407 e. The van der Waals surface area contributed by atoms with Crippen molar-refractivity contribution >= 4 is 23.4 Å². The van der Waals surface area contributed by atoms with Crippen molar-refractivity contribution in [2.75, 3.05) is 44.0 Å². The van der Waals surface area contributed by atoms with Crippen molar-refractivity contribution in [3.8, 4) is 5.75 Å². The Morgan fingerprint density at radius 3 is 2.35 bits per heavy atom. The van der Waals surface area contributed by atoms with Crippen LogP contribution in [-0.4, -0.2) is 63.6 Å². The number of nitrogens with one attached hydrogen (secondary N) is 4. The molecule has 4 aromatic rings. The van der Waals surface area contributed by atoms with Crippen LogP contribution in [0.2, 0.25) is 0 Å². The van der Waals surface area contributed by atoms with Gasteiger partial charge in [-0.15, -0.1) is 0 Å². The molecule has 0 aliphatic carbocycles. The molecule has 2 heterocycles. The Hall–Kier alpha value is -4.86. The minimum absolute atomic E-state index is 0.00408. The Labute approximate surface area is 282 Å². The SMILES string of the molecule is COC(=O)NC(C(=O)Nc1ccccc1CC[C@@H]1CNC[C@@H](COc2ccc3c(c2)NCCC3)O1)C(c1ccccc1)c1ccccc1. The minimum Gasteiger partial charge on any atom is -0.491 e. The Kier molecular flexibility index (Phi) is 11.2. The number of methoxy groups -OCH3 is 1. The number of para-hydroxylation sites is 1. The first-order valence-electron chi connectivity index (χ1n) is 16.8. The van der Waals surface area contributed by atoms with Gasteiger partial charge in [0.1, 0.15) is 24.5 Å². The van der Waals surface area contributed by atoms with E-state index < -0.39 is 18.1 Å². The van der Waals surface area contributed by atoms with Gasteiger partial charge in [0.05, 0.1) is 13.2 Å². The second-order valence-corrected chi connectivity index (χ2v) is 12.3. The highest BCUT2D eigenvalue weighted by Gasteiger charge is 2.33. The van der Waals surface area contributed by atoms with Crippen LogP contribution in [0.1, 0.15) is 41.0 Å². The zero-order chi connectivity index (χ0) is 33.1. The van der Waals surface area contributed by atoms with Crippen LogP contribution in [-0.2, 0) is 27.1 Å². The standard InChI is InChI=1S/C39H44N4O5/c1-46-39(45)43-37(36(29-12-4-2-5-13-29)30-14-6-3-7-15-30)38(44)42-34-17-9-8-11-27(34)19-21-32-24-40-25-33(48-32)26-47-31-20-18-28-16-10-22-41-35(28)23-31/h2-9,11-15,17-18,20,23,32-33,36-37,40-41H,10,16,19,21-22,24-26H2,1H3,(H,42,44)(H,43,45)/t32-,33+,37?/m1/s1. The molecular weight excluding hydrogens is 604 g/mol. The van der Waals surface area contributed by atoms with E-state index >= 15 is 0 Å². The van der Waals surface area contributed by atoms with Crippen LogP contribution in [0.25, 0.3) is 0 Å². The summed E-state index contributed by atoms with van der Waals surface area (Å²) in [5.74, 6) is 0.0631. The number of alkyl carbamates (subject to hydrolysis) is 1. The number of benzene rings is 4. The van der Waals surface area contributed by atoms with Crippen molar-refractivity contribution in [1.82, 2.24) is 10.6 Å². The van der Waals surface area contributed by atoms with Crippen molar-refractivity contribution in [3.63, 3.8) is 0 Å². The Morgan fingerprint density at radius 2 is 1.60 bits per heavy atom. The molecule has 2 aliphatic rings. The quantitative estimate of drug-likeness (QED) is 0.151. The summed E-state index contributed by atoms with van der Waals surface area (Å²) in [5, 5.41) is 12.9. The normalized spacial score (nSPS) is 17.8. The maximum Gasteiger partial charge on any atom is 0.407 e. The number of rotatable bonds is 12. The number of fused-ring (bicyclic) bond motifs is 1. The van der Waals surface area contributed by atoms with E-state index in [4.69, 9.17) is 14.2 Å². The lowest BCUT2D eigenvalue weighted by molar-refractivity contribution is -0.118. The molecule has 0 saturated carbocycles. The van der Waals surface area contributed by atoms with Gasteiger partial charge in [0.25, 0.3) is 0 Å². The van der Waals surface area contributed by atoms with Gasteiger partial charge in [0.15, 0.2) is 0 Å². The third-order valence-electron chi connectivity index (χ3n) is 8.99. The molecule has 4 aromatic carbocycles. The summed E-state index contributed by atoms with van der Waals surface area (Å²) in [5.41, 5.74) is 5.98. The molecule has 0 bridgehead atoms. The second-order valence-electron chi connectivity index (χ2n) is 12.3. The van der Waals surface area contributed by atoms with Crippen LogP contribution in [0.15, 0.2) is 103 Å². The zero-order valence-electron chi connectivity index (χ0n) is 27.3. The summed E-state index contributed by atoms with van der Waals surface area (Å²) < 4.78 is 17.5. The highest BCUT2D eigenvalue weighted by molar-refractivity contribution is 5.98. The van der Waals surface area contributed by atoms with E-state index in [9.17, 15) is 9.59 Å². The molecule has 2 amide bonds. The first-order valence-corrected chi connectivity index (χ1v) is 16.8. The molecule has 250 valence electrons. The molecule has 1 unspecified atom stereocenters. The second kappa shape index (κ2) is 16.3. The van der Waals surface area contributed by atoms with Crippen LogP contribution in [0.4, 0.5) is 16.2 Å². The number of morpholine rings is 1. The van der Waals surface area contributed by atoms with Gasteiger partial charge < -0.3 is 35.5 Å². The summed E-state index contributed by atoms with van der Waals surface area (Å²) in [6, 6.07) is 32.5. The molecule has 0 aromatic heterocycles. The Morgan fingerprint density at radius 1 is 0.896 bits per heavy atom. The summed E-state index contributed by atoms with van der Waals surface area (Å²) >= 11 is 0. The number of carbonyl (C=O) groups excluding carboxylic acids is 2. The molecule has 48 heavy (non-hydrogen) atoms. The molecule has 0 spiro atoms. The largest absolute Gasteiger partial charge is 0.491 e. The summed E-state index contributed by atoms with van der Waals surface area (Å²) in [6.07, 6.45) is 2.96. The van der Waals surface area contributed by atoms with E-state index in [0.29, 0.717) is 18.7 Å². The fourth-order valence-corrected chi connectivity index (χ4v) is 6.53. The predicted octanol–water partition coefficient (Wildman–Crippen LogP) is 5.91. The van der Waals surface area contributed by atoms with Crippen LogP contribution < -0.4 is 26.0 Å². The maximum atomic E-state index is 14.1. The molecule has 4 N–H and O–H groups in total. The average Bonchev–Trinajstić information content (AvgIpc) is 3.14. The van der Waals surface area contributed by atoms with Crippen molar-refractivity contribution in [1.29, 1.82) is 0 Å². The number of ether oxygens (including phenoxy) is 3. The Balaban J connectivity index is 1.11. The van der Waals surface area contributed by atoms with Crippen LogP contribution >= 0.6 is 0 Å². The van der Waals surface area contributed by atoms with E-state index in [1.807, 2.05) is 91.0 Å². The van der Waals surface area contributed by atoms with Gasteiger partial charge in [-0.3, -0.25) is 4.79 Å². The van der Waals surface area contributed by atoms with Crippen molar-refractivity contribution in [3.05, 3.63) is 125 Å². The Bertz CT molecular complexity index is 1610. The molecule has 3 atom stereocenters. The number of hydrogen-bond donors (Lipinski definition) is 4. The molecule has 9 heteroatoms. The molecule has 9 nitrogen and oxygen atoms in total. The van der Waals surface area contributed by atoms with Gasteiger partial charge in [-0.1, -0.05) is 84.9 Å². The summed E-state index contributed by atoms with van der Waals surface area (Å²) in [4.78, 5) is 26.6. The van der Waals surface area contributed by atoms with Gasteiger partial charge in [-0.25, -0.2) is 4.79 Å². The monoisotopic (exact) mass is 648 g/mol. The number of aryl methyl sites for hydroxylation is 2. The first-order chi connectivity index (χ1) is 23.6. The van der Waals surface area contributed by atoms with Gasteiger partial charge in [-0.05, 0) is 60.1 Å². The lowest BCUT2D eigenvalue weighted by atomic mass is 9.84. The van der Waals surface area contributed by atoms with E-state index in [1.54, 1.807) is 0 Å². The van der Waals surface area contributed by atoms with E-state index in [1.165, 1.54) is 12.7 Å². The van der Waals surface area contributed by atoms with Crippen LogP contribution in [0.5, 0.6) is 5.75 Å². The molecule has 0 radical (unpaired) electrons. The lowest BCUT2D eigenvalue weighted by Gasteiger charge is -2.31. The van der Waals surface area contributed by atoms with Crippen molar-refractivity contribution < 1.29 is 23.8 Å². The van der Waals surface area contributed by atoms with Crippen molar-refractivity contribution in [2.45, 2.75) is 49.9 Å². The maximum absolute atomic E-state index is 14.1. The molecule has 2 aliphatic heterocycles. The lowest BCUT2D eigenvalue weighted by Crippen LogP contribution is -2.48. The third-order valence-corrected chi connectivity index (χ3v) is 8.99. The van der Waals surface area contributed by atoms with Gasteiger partial charge in [-0.2, -0.15) is 0 Å². The number of anilines is 2. The highest BCUT2D eigenvalue weighted by Crippen LogP contribution is 2.30. The predicted molar refractivity (Wildman–Crippen MR) is 188 cm³/mol. The topological polar surface area (TPSA) is 110 Å². The molecule has 1 saturated heterocycles. The molecular formula is C39H44N4O5. The minimum atomic E-state index is -0.937. The third kappa shape index (κ3) is 8.53. The summed E-state index contributed by atoms with van der Waals surface area (Å²) in [7, 11) is 1.30. The molecule has 6 rings (SSSR count). The fourth-order valence-electron chi connectivity index (χ4n) is 6.53. The van der Waals surface area contributed by atoms with E-state index in [-0.39, 0.29) is 18.1 Å². The van der Waals surface area contributed by atoms with Crippen LogP contribution in [0.3, 0.4) is 0 Å². The fraction of sp³-hybridized carbons (Fsp3) is 0.333. The van der Waals surface area contributed by atoms with Gasteiger partial charge >= 0.3 is 6.09 Å². The summed E-state index contributed by atoms with van der Waals surface area (Å²) in [6.45, 7) is 2.93. The number of amides is 2. The first kappa shape index (κ1) is 33.1. The van der Waals surface area contributed by atoms with Gasteiger partial charge in [0.2, 0.25) is 5.91 Å². The molecule has 1 fully saturated rings. The van der Waals surface area contributed by atoms with Gasteiger partial charge in [0, 0.05) is 43.0 Å². The van der Waals surface area contributed by atoms with E-state index in [2.05, 4.69) is 33.4 Å².